The van der Waals surface area contributed by atoms with E-state index in [9.17, 15) is 4.79 Å². The van der Waals surface area contributed by atoms with Gasteiger partial charge in [0.2, 0.25) is 6.79 Å². The van der Waals surface area contributed by atoms with Crippen LogP contribution < -0.4 is 14.8 Å². The minimum Gasteiger partial charge on any atom is -0.454 e. The van der Waals surface area contributed by atoms with Crippen molar-refractivity contribution in [2.24, 2.45) is 0 Å². The van der Waals surface area contributed by atoms with Crippen molar-refractivity contribution in [3.63, 3.8) is 0 Å². The Morgan fingerprint density at radius 3 is 3.00 bits per heavy atom. The number of ketones is 1. The Bertz CT molecular complexity index is 773. The van der Waals surface area contributed by atoms with Crippen LogP contribution in [0.3, 0.4) is 0 Å². The number of halogens is 1. The topological polar surface area (TPSA) is 65.4 Å². The van der Waals surface area contributed by atoms with E-state index in [4.69, 9.17) is 21.1 Å². The third-order valence-electron chi connectivity index (χ3n) is 4.17. The number of aryl methyl sites for hydroxylation is 1. The molecule has 2 aliphatic rings. The molecule has 6 nitrogen and oxygen atoms in total. The first-order valence-electron chi connectivity index (χ1n) is 8.44. The number of imidazole rings is 1. The largest absolute Gasteiger partial charge is 0.454 e. The van der Waals surface area contributed by atoms with Gasteiger partial charge >= 0.3 is 0 Å². The maximum Gasteiger partial charge on any atom is 0.231 e. The van der Waals surface area contributed by atoms with E-state index in [1.807, 2.05) is 16.7 Å². The number of carbonyl (C=O) groups is 1. The fourth-order valence-electron chi connectivity index (χ4n) is 2.92. The quantitative estimate of drug-likeness (QED) is 0.848. The van der Waals surface area contributed by atoms with Crippen LogP contribution in [0.5, 0.6) is 11.5 Å². The minimum atomic E-state index is 0.0932. The zero-order chi connectivity index (χ0) is 17.8. The second kappa shape index (κ2) is 7.89. The lowest BCUT2D eigenvalue weighted by Gasteiger charge is -2.16. The summed E-state index contributed by atoms with van der Waals surface area (Å²) in [6.07, 6.45) is 3.72. The molecule has 1 N–H and O–H groups in total. The van der Waals surface area contributed by atoms with E-state index in [2.05, 4.69) is 17.2 Å². The number of fused-ring (bicyclic) bond motifs is 2. The summed E-state index contributed by atoms with van der Waals surface area (Å²) in [5.41, 5.74) is 1.86. The summed E-state index contributed by atoms with van der Waals surface area (Å²) in [7, 11) is 0. The molecule has 0 amide bonds. The third-order valence-corrected chi connectivity index (χ3v) is 4.59. The molecular weight excluding hydrogens is 342 g/mol. The second-order valence-corrected chi connectivity index (χ2v) is 6.34. The van der Waals surface area contributed by atoms with E-state index in [0.717, 1.165) is 55.3 Å². The van der Waals surface area contributed by atoms with E-state index in [1.54, 1.807) is 13.1 Å². The molecule has 0 saturated carbocycles. The van der Waals surface area contributed by atoms with Crippen LogP contribution in [0.1, 0.15) is 42.1 Å². The molecule has 0 saturated heterocycles. The molecule has 0 radical (unpaired) electrons. The Hall–Kier alpha value is -2.05. The van der Waals surface area contributed by atoms with Crippen LogP contribution in [-0.4, -0.2) is 28.7 Å². The molecule has 4 rings (SSSR count). The van der Waals surface area contributed by atoms with E-state index >= 15 is 0 Å². The van der Waals surface area contributed by atoms with Crippen molar-refractivity contribution in [1.29, 1.82) is 0 Å². The van der Waals surface area contributed by atoms with Crippen molar-refractivity contribution in [1.82, 2.24) is 14.9 Å². The number of rotatable bonds is 3. The molecule has 1 aromatic heterocycles. The predicted octanol–water partition coefficient (Wildman–Crippen LogP) is 3.21. The standard InChI is InChI=1S/C10H11ClO2.C8H11N3O/c1-2-3-7-4-5-8-10(9(7)11)13-6-12-8;1-6(12)7-4-10-8-5-9-2-3-11(7)8/h4-5H,2-3,6H2,1H3;4,9H,2-3,5H2,1H3. The SMILES string of the molecule is CC(=O)c1cnc2n1CCNC2.CCCc1ccc2c(c1Cl)OCO2. The number of hydrogen-bond acceptors (Lipinski definition) is 5. The first-order chi connectivity index (χ1) is 12.1. The van der Waals surface area contributed by atoms with E-state index < -0.39 is 0 Å². The Labute approximate surface area is 152 Å². The monoisotopic (exact) mass is 363 g/mol. The molecule has 7 heteroatoms. The Balaban J connectivity index is 0.000000146. The first-order valence-corrected chi connectivity index (χ1v) is 8.82. The molecule has 1 aromatic carbocycles. The molecule has 0 unspecified atom stereocenters. The van der Waals surface area contributed by atoms with Crippen molar-refractivity contribution in [2.75, 3.05) is 13.3 Å². The van der Waals surface area contributed by atoms with E-state index in [1.165, 1.54) is 0 Å². The molecule has 134 valence electrons. The molecule has 0 fully saturated rings. The molecule has 0 aliphatic carbocycles. The number of hydrogen-bond donors (Lipinski definition) is 1. The number of nitrogens with zero attached hydrogens (tertiary/aromatic N) is 2. The van der Waals surface area contributed by atoms with Crippen LogP contribution in [0.2, 0.25) is 5.02 Å². The normalized spacial score (nSPS) is 14.5. The van der Waals surface area contributed by atoms with Gasteiger partial charge in [-0.3, -0.25) is 4.79 Å². The van der Waals surface area contributed by atoms with Crippen LogP contribution in [-0.2, 0) is 19.5 Å². The molecule has 25 heavy (non-hydrogen) atoms. The third kappa shape index (κ3) is 3.80. The lowest BCUT2D eigenvalue weighted by atomic mass is 10.1. The van der Waals surface area contributed by atoms with Crippen molar-refractivity contribution in [3.05, 3.63) is 40.4 Å². The highest BCUT2D eigenvalue weighted by molar-refractivity contribution is 6.33. The maximum absolute atomic E-state index is 11.1. The molecule has 0 atom stereocenters. The molecule has 3 heterocycles. The van der Waals surface area contributed by atoms with Crippen molar-refractivity contribution < 1.29 is 14.3 Å². The van der Waals surface area contributed by atoms with Gasteiger partial charge in [-0.25, -0.2) is 4.98 Å². The molecule has 2 aromatic rings. The van der Waals surface area contributed by atoms with Crippen LogP contribution in [0.4, 0.5) is 0 Å². The van der Waals surface area contributed by atoms with E-state index in [0.29, 0.717) is 10.8 Å². The van der Waals surface area contributed by atoms with Gasteiger partial charge in [-0.2, -0.15) is 0 Å². The van der Waals surface area contributed by atoms with Crippen LogP contribution in [0.25, 0.3) is 0 Å². The predicted molar refractivity (Wildman–Crippen MR) is 95.5 cm³/mol. The molecule has 2 aliphatic heterocycles. The number of carbonyl (C=O) groups excluding carboxylic acids is 1. The van der Waals surface area contributed by atoms with Gasteiger partial charge in [0.15, 0.2) is 17.3 Å². The van der Waals surface area contributed by atoms with Gasteiger partial charge in [-0.15, -0.1) is 0 Å². The van der Waals surface area contributed by atoms with Gasteiger partial charge < -0.3 is 19.4 Å². The summed E-state index contributed by atoms with van der Waals surface area (Å²) < 4.78 is 12.5. The van der Waals surface area contributed by atoms with Crippen LogP contribution in [0.15, 0.2) is 18.3 Å². The zero-order valence-electron chi connectivity index (χ0n) is 14.5. The number of ether oxygens (including phenoxy) is 2. The second-order valence-electron chi connectivity index (χ2n) is 5.97. The summed E-state index contributed by atoms with van der Waals surface area (Å²) in [5, 5.41) is 3.90. The summed E-state index contributed by atoms with van der Waals surface area (Å²) in [6.45, 7) is 6.53. The molecular formula is C18H22ClN3O3. The fourth-order valence-corrected chi connectivity index (χ4v) is 3.22. The summed E-state index contributed by atoms with van der Waals surface area (Å²) in [4.78, 5) is 15.3. The Morgan fingerprint density at radius 2 is 2.24 bits per heavy atom. The molecule has 0 spiro atoms. The number of aromatic nitrogens is 2. The average molecular weight is 364 g/mol. The van der Waals surface area contributed by atoms with Gasteiger partial charge in [0.25, 0.3) is 0 Å². The first kappa shape index (κ1) is 17.8. The zero-order valence-corrected chi connectivity index (χ0v) is 15.2. The van der Waals surface area contributed by atoms with Crippen molar-refractivity contribution in [2.45, 2.75) is 39.8 Å². The van der Waals surface area contributed by atoms with Crippen molar-refractivity contribution in [3.8, 4) is 11.5 Å². The van der Waals surface area contributed by atoms with Crippen LogP contribution in [0, 0.1) is 0 Å². The smallest absolute Gasteiger partial charge is 0.231 e. The Morgan fingerprint density at radius 1 is 1.40 bits per heavy atom. The number of Topliss-reactive ketones (excluding diaryl/α,β-unsaturated/α-hetero) is 1. The fraction of sp³-hybridized carbons (Fsp3) is 0.444. The highest BCUT2D eigenvalue weighted by Crippen LogP contribution is 2.41. The van der Waals surface area contributed by atoms with Gasteiger partial charge in [0.05, 0.1) is 17.8 Å². The number of benzene rings is 1. The molecule has 0 bridgehead atoms. The summed E-state index contributed by atoms with van der Waals surface area (Å²) in [5.74, 6) is 2.51. The average Bonchev–Trinajstić information content (AvgIpc) is 3.25. The Kier molecular flexibility index (Phi) is 5.60. The minimum absolute atomic E-state index is 0.0932. The maximum atomic E-state index is 11.1. The van der Waals surface area contributed by atoms with Crippen molar-refractivity contribution >= 4 is 17.4 Å². The summed E-state index contributed by atoms with van der Waals surface area (Å²) in [6, 6.07) is 3.92. The lowest BCUT2D eigenvalue weighted by molar-refractivity contribution is 0.100. The highest BCUT2D eigenvalue weighted by atomic mass is 35.5. The number of nitrogens with one attached hydrogen (secondary N) is 1. The highest BCUT2D eigenvalue weighted by Gasteiger charge is 2.19. The van der Waals surface area contributed by atoms with Gasteiger partial charge in [-0.05, 0) is 18.1 Å². The summed E-state index contributed by atoms with van der Waals surface area (Å²) >= 11 is 6.13. The lowest BCUT2D eigenvalue weighted by Crippen LogP contribution is -2.29. The van der Waals surface area contributed by atoms with Gasteiger partial charge in [-0.1, -0.05) is 31.0 Å². The van der Waals surface area contributed by atoms with Crippen LogP contribution >= 0.6 is 11.6 Å². The van der Waals surface area contributed by atoms with Gasteiger partial charge in [0, 0.05) is 20.0 Å². The van der Waals surface area contributed by atoms with Gasteiger partial charge in [0.1, 0.15) is 11.5 Å². The van der Waals surface area contributed by atoms with E-state index in [-0.39, 0.29) is 12.6 Å².